The number of nitrogens with one attached hydrogen (secondary N) is 1. The van der Waals surface area contributed by atoms with E-state index in [0.29, 0.717) is 25.3 Å². The number of sulfone groups is 1. The molecule has 3 rings (SSSR count). The van der Waals surface area contributed by atoms with Gasteiger partial charge in [-0.25, -0.2) is 17.6 Å². The van der Waals surface area contributed by atoms with Crippen LogP contribution in [0.25, 0.3) is 0 Å². The first-order valence-electron chi connectivity index (χ1n) is 8.08. The molecule has 1 aromatic rings. The highest BCUT2D eigenvalue weighted by Gasteiger charge is 2.36. The van der Waals surface area contributed by atoms with Crippen molar-refractivity contribution in [3.05, 3.63) is 30.1 Å². The SMILES string of the molecule is O=C(Nc1cccc(F)c1)N(CC1CCCO1)C1CCS(=O)(=O)C1. The Kier molecular flexibility index (Phi) is 5.05. The molecule has 2 unspecified atom stereocenters. The van der Waals surface area contributed by atoms with Gasteiger partial charge in [0.2, 0.25) is 0 Å². The molecule has 2 atom stereocenters. The predicted molar refractivity (Wildman–Crippen MR) is 88.2 cm³/mol. The van der Waals surface area contributed by atoms with Crippen molar-refractivity contribution in [1.82, 2.24) is 4.90 Å². The fourth-order valence-electron chi connectivity index (χ4n) is 3.19. The maximum Gasteiger partial charge on any atom is 0.322 e. The summed E-state index contributed by atoms with van der Waals surface area (Å²) in [5, 5.41) is 2.66. The standard InChI is InChI=1S/C16H21FN2O4S/c17-12-3-1-4-13(9-12)18-16(20)19(10-15-5-2-7-23-15)14-6-8-24(21,22)11-14/h1,3-4,9,14-15H,2,5-8,10-11H2,(H,18,20). The highest BCUT2D eigenvalue weighted by atomic mass is 32.2. The van der Waals surface area contributed by atoms with Crippen LogP contribution in [-0.4, -0.2) is 56.2 Å². The molecule has 1 aromatic carbocycles. The number of rotatable bonds is 4. The van der Waals surface area contributed by atoms with Crippen molar-refractivity contribution in [1.29, 1.82) is 0 Å². The Morgan fingerprint density at radius 2 is 2.21 bits per heavy atom. The van der Waals surface area contributed by atoms with E-state index in [4.69, 9.17) is 4.74 Å². The van der Waals surface area contributed by atoms with E-state index in [-0.39, 0.29) is 23.7 Å². The Balaban J connectivity index is 1.73. The summed E-state index contributed by atoms with van der Waals surface area (Å²) in [5.74, 6) is -0.384. The molecule has 0 spiro atoms. The van der Waals surface area contributed by atoms with Gasteiger partial charge >= 0.3 is 6.03 Å². The van der Waals surface area contributed by atoms with Crippen LogP contribution in [-0.2, 0) is 14.6 Å². The highest BCUT2D eigenvalue weighted by Crippen LogP contribution is 2.22. The Bertz CT molecular complexity index is 704. The fourth-order valence-corrected chi connectivity index (χ4v) is 4.92. The number of carbonyl (C=O) groups excluding carboxylic acids is 1. The molecule has 2 saturated heterocycles. The van der Waals surface area contributed by atoms with Crippen LogP contribution in [0.2, 0.25) is 0 Å². The van der Waals surface area contributed by atoms with E-state index in [1.807, 2.05) is 0 Å². The summed E-state index contributed by atoms with van der Waals surface area (Å²) in [6.45, 7) is 1.01. The smallest absolute Gasteiger partial charge is 0.322 e. The van der Waals surface area contributed by atoms with Gasteiger partial charge in [-0.15, -0.1) is 0 Å². The van der Waals surface area contributed by atoms with Crippen molar-refractivity contribution in [2.45, 2.75) is 31.4 Å². The van der Waals surface area contributed by atoms with Gasteiger partial charge in [-0.05, 0) is 37.5 Å². The quantitative estimate of drug-likeness (QED) is 0.896. The van der Waals surface area contributed by atoms with Crippen LogP contribution in [0.4, 0.5) is 14.9 Å². The molecule has 6 nitrogen and oxygen atoms in total. The Hall–Kier alpha value is -1.67. The Morgan fingerprint density at radius 3 is 2.83 bits per heavy atom. The zero-order chi connectivity index (χ0) is 17.2. The minimum Gasteiger partial charge on any atom is -0.376 e. The summed E-state index contributed by atoms with van der Waals surface area (Å²) >= 11 is 0. The molecule has 0 radical (unpaired) electrons. The van der Waals surface area contributed by atoms with Crippen LogP contribution in [0, 0.1) is 5.82 Å². The molecule has 2 aliphatic rings. The molecule has 0 aromatic heterocycles. The van der Waals surface area contributed by atoms with Crippen LogP contribution >= 0.6 is 0 Å². The second-order valence-corrected chi connectivity index (χ2v) is 8.51. The lowest BCUT2D eigenvalue weighted by Crippen LogP contribution is -2.47. The van der Waals surface area contributed by atoms with E-state index in [9.17, 15) is 17.6 Å². The number of ether oxygens (including phenoxy) is 1. The summed E-state index contributed by atoms with van der Waals surface area (Å²) in [5.41, 5.74) is 0.346. The molecule has 1 N–H and O–H groups in total. The van der Waals surface area contributed by atoms with Crippen LogP contribution in [0.5, 0.6) is 0 Å². The summed E-state index contributed by atoms with van der Waals surface area (Å²) in [7, 11) is -3.11. The monoisotopic (exact) mass is 356 g/mol. The maximum absolute atomic E-state index is 13.3. The molecule has 2 heterocycles. The number of hydrogen-bond acceptors (Lipinski definition) is 4. The summed E-state index contributed by atoms with van der Waals surface area (Å²) in [6.07, 6.45) is 2.13. The highest BCUT2D eigenvalue weighted by molar-refractivity contribution is 7.91. The number of hydrogen-bond donors (Lipinski definition) is 1. The molecule has 2 aliphatic heterocycles. The number of carbonyl (C=O) groups is 1. The third-order valence-electron chi connectivity index (χ3n) is 4.41. The zero-order valence-electron chi connectivity index (χ0n) is 13.3. The van der Waals surface area contributed by atoms with Crippen molar-refractivity contribution in [2.75, 3.05) is 30.0 Å². The van der Waals surface area contributed by atoms with Crippen LogP contribution in [0.3, 0.4) is 0 Å². The lowest BCUT2D eigenvalue weighted by molar-refractivity contribution is 0.0751. The minimum absolute atomic E-state index is 0.0315. The van der Waals surface area contributed by atoms with Gasteiger partial charge in [0.25, 0.3) is 0 Å². The van der Waals surface area contributed by atoms with Crippen molar-refractivity contribution in [3.8, 4) is 0 Å². The van der Waals surface area contributed by atoms with Gasteiger partial charge in [0.15, 0.2) is 9.84 Å². The Labute approximate surface area is 140 Å². The van der Waals surface area contributed by atoms with Crippen molar-refractivity contribution >= 4 is 21.6 Å². The van der Waals surface area contributed by atoms with Gasteiger partial charge < -0.3 is 15.0 Å². The molecular weight excluding hydrogens is 335 g/mol. The lowest BCUT2D eigenvalue weighted by atomic mass is 10.1. The molecular formula is C16H21FN2O4S. The van der Waals surface area contributed by atoms with Crippen molar-refractivity contribution < 1.29 is 22.3 Å². The van der Waals surface area contributed by atoms with Gasteiger partial charge in [0, 0.05) is 24.9 Å². The maximum atomic E-state index is 13.3. The third kappa shape index (κ3) is 4.24. The number of nitrogens with zero attached hydrogens (tertiary/aromatic N) is 1. The van der Waals surface area contributed by atoms with Gasteiger partial charge in [-0.1, -0.05) is 6.07 Å². The number of anilines is 1. The number of benzene rings is 1. The topological polar surface area (TPSA) is 75.7 Å². The van der Waals surface area contributed by atoms with E-state index in [0.717, 1.165) is 12.8 Å². The minimum atomic E-state index is -3.11. The number of amides is 2. The zero-order valence-corrected chi connectivity index (χ0v) is 14.1. The van der Waals surface area contributed by atoms with Crippen LogP contribution < -0.4 is 5.32 Å². The molecule has 2 amide bonds. The van der Waals surface area contributed by atoms with E-state index in [1.54, 1.807) is 6.07 Å². The van der Waals surface area contributed by atoms with Gasteiger partial charge in [-0.2, -0.15) is 0 Å². The molecule has 0 bridgehead atoms. The second kappa shape index (κ2) is 7.06. The molecule has 0 aliphatic carbocycles. The first-order valence-corrected chi connectivity index (χ1v) is 9.90. The Morgan fingerprint density at radius 1 is 1.38 bits per heavy atom. The van der Waals surface area contributed by atoms with E-state index in [2.05, 4.69) is 5.32 Å². The average molecular weight is 356 g/mol. The van der Waals surface area contributed by atoms with Crippen LogP contribution in [0.1, 0.15) is 19.3 Å². The average Bonchev–Trinajstić information content (AvgIpc) is 3.14. The molecule has 132 valence electrons. The number of urea groups is 1. The van der Waals surface area contributed by atoms with Gasteiger partial charge in [-0.3, -0.25) is 0 Å². The molecule has 24 heavy (non-hydrogen) atoms. The van der Waals surface area contributed by atoms with Gasteiger partial charge in [0.1, 0.15) is 5.82 Å². The van der Waals surface area contributed by atoms with Crippen LogP contribution in [0.15, 0.2) is 24.3 Å². The second-order valence-electron chi connectivity index (χ2n) is 6.28. The van der Waals surface area contributed by atoms with Gasteiger partial charge in [0.05, 0.1) is 17.6 Å². The van der Waals surface area contributed by atoms with Crippen molar-refractivity contribution in [3.63, 3.8) is 0 Å². The van der Waals surface area contributed by atoms with E-state index >= 15 is 0 Å². The summed E-state index contributed by atoms with van der Waals surface area (Å²) in [4.78, 5) is 14.2. The third-order valence-corrected chi connectivity index (χ3v) is 6.16. The first-order chi connectivity index (χ1) is 11.4. The first kappa shape index (κ1) is 17.2. The molecule has 2 fully saturated rings. The normalized spacial score (nSPS) is 25.5. The summed E-state index contributed by atoms with van der Waals surface area (Å²) < 4.78 is 42.4. The molecule has 8 heteroatoms. The van der Waals surface area contributed by atoms with Crippen molar-refractivity contribution in [2.24, 2.45) is 0 Å². The van der Waals surface area contributed by atoms with E-state index < -0.39 is 21.7 Å². The lowest BCUT2D eigenvalue weighted by Gasteiger charge is -2.30. The fraction of sp³-hybridized carbons (Fsp3) is 0.562. The largest absolute Gasteiger partial charge is 0.376 e. The predicted octanol–water partition coefficient (Wildman–Crippen LogP) is 2.03. The molecule has 0 saturated carbocycles. The van der Waals surface area contributed by atoms with E-state index in [1.165, 1.54) is 23.1 Å². The summed E-state index contributed by atoms with van der Waals surface area (Å²) in [6, 6.07) is 4.84. The number of halogens is 1.